The van der Waals surface area contributed by atoms with E-state index < -0.39 is 0 Å². The number of rotatable bonds is 6. The van der Waals surface area contributed by atoms with E-state index in [-0.39, 0.29) is 30.3 Å². The largest absolute Gasteiger partial charge is 0.338 e. The molecule has 28 heavy (non-hydrogen) atoms. The van der Waals surface area contributed by atoms with Gasteiger partial charge in [0.1, 0.15) is 11.9 Å². The van der Waals surface area contributed by atoms with Crippen molar-refractivity contribution in [2.45, 2.75) is 25.9 Å². The number of carbonyl (C=O) groups is 2. The number of aryl methyl sites for hydroxylation is 1. The van der Waals surface area contributed by atoms with E-state index in [1.807, 2.05) is 53.0 Å². The zero-order chi connectivity index (χ0) is 19.2. The highest BCUT2D eigenvalue weighted by molar-refractivity contribution is 5.85. The lowest BCUT2D eigenvalue weighted by Gasteiger charge is -2.36. The van der Waals surface area contributed by atoms with Crippen LogP contribution < -0.4 is 5.32 Å². The molecule has 0 saturated carbocycles. The van der Waals surface area contributed by atoms with Crippen LogP contribution in [0.2, 0.25) is 0 Å². The quantitative estimate of drug-likeness (QED) is 0.794. The monoisotopic (exact) mass is 405 g/mol. The molecule has 1 N–H and O–H groups in total. The summed E-state index contributed by atoms with van der Waals surface area (Å²) in [5.74, 6) is 0.916. The maximum absolute atomic E-state index is 12.9. The summed E-state index contributed by atoms with van der Waals surface area (Å²) in [7, 11) is 1.94. The van der Waals surface area contributed by atoms with Crippen LogP contribution in [0.4, 0.5) is 0 Å². The van der Waals surface area contributed by atoms with Gasteiger partial charge in [0, 0.05) is 65.5 Å². The number of nitrogens with zero attached hydrogens (tertiary/aromatic N) is 4. The number of nitrogens with one attached hydrogen (secondary N) is 1. The van der Waals surface area contributed by atoms with Gasteiger partial charge in [-0.15, -0.1) is 12.4 Å². The maximum Gasteiger partial charge on any atom is 0.225 e. The second kappa shape index (κ2) is 10.2. The molecule has 1 fully saturated rings. The topological polar surface area (TPSA) is 70.5 Å². The number of piperazine rings is 1. The molecule has 1 aliphatic heterocycles. The summed E-state index contributed by atoms with van der Waals surface area (Å²) in [5, 5.41) is 3.34. The van der Waals surface area contributed by atoms with Crippen molar-refractivity contribution >= 4 is 24.2 Å². The van der Waals surface area contributed by atoms with Gasteiger partial charge in [0.05, 0.1) is 0 Å². The molecule has 0 aliphatic carbocycles. The van der Waals surface area contributed by atoms with Crippen molar-refractivity contribution in [2.24, 2.45) is 7.05 Å². The molecule has 7 nitrogen and oxygen atoms in total. The Morgan fingerprint density at radius 3 is 2.68 bits per heavy atom. The van der Waals surface area contributed by atoms with E-state index in [0.717, 1.165) is 17.9 Å². The summed E-state index contributed by atoms with van der Waals surface area (Å²) >= 11 is 0. The fourth-order valence-electron chi connectivity index (χ4n) is 3.46. The van der Waals surface area contributed by atoms with Gasteiger partial charge in [0.25, 0.3) is 0 Å². The Kier molecular flexibility index (Phi) is 8.02. The smallest absolute Gasteiger partial charge is 0.225 e. The number of carbonyl (C=O) groups excluding carboxylic acids is 2. The summed E-state index contributed by atoms with van der Waals surface area (Å²) in [5.41, 5.74) is 1.06. The predicted octanol–water partition coefficient (Wildman–Crippen LogP) is 1.75. The van der Waals surface area contributed by atoms with Gasteiger partial charge in [-0.3, -0.25) is 9.59 Å². The second-order valence-corrected chi connectivity index (χ2v) is 6.88. The van der Waals surface area contributed by atoms with Crippen LogP contribution in [-0.4, -0.2) is 57.3 Å². The van der Waals surface area contributed by atoms with Gasteiger partial charge in [0.2, 0.25) is 11.8 Å². The number of benzene rings is 1. The molecule has 1 saturated heterocycles. The number of aromatic nitrogens is 2. The fraction of sp³-hybridized carbons (Fsp3) is 0.450. The van der Waals surface area contributed by atoms with E-state index in [0.29, 0.717) is 32.6 Å². The van der Waals surface area contributed by atoms with Gasteiger partial charge < -0.3 is 19.7 Å². The summed E-state index contributed by atoms with van der Waals surface area (Å²) in [4.78, 5) is 33.0. The lowest BCUT2D eigenvalue weighted by Crippen LogP contribution is -2.50. The van der Waals surface area contributed by atoms with Gasteiger partial charge >= 0.3 is 0 Å². The molecule has 2 aromatic rings. The van der Waals surface area contributed by atoms with Crippen molar-refractivity contribution in [3.8, 4) is 0 Å². The number of hydrogen-bond acceptors (Lipinski definition) is 4. The van der Waals surface area contributed by atoms with E-state index >= 15 is 0 Å². The fourth-order valence-corrected chi connectivity index (χ4v) is 3.46. The van der Waals surface area contributed by atoms with Gasteiger partial charge in [-0.2, -0.15) is 0 Å². The third-order valence-corrected chi connectivity index (χ3v) is 4.98. The molecule has 1 aromatic heterocycles. The summed E-state index contributed by atoms with van der Waals surface area (Å²) in [6.45, 7) is 4.60. The van der Waals surface area contributed by atoms with Crippen molar-refractivity contribution in [3.05, 3.63) is 54.1 Å². The lowest BCUT2D eigenvalue weighted by molar-refractivity contribution is -0.136. The number of imidazole rings is 1. The first-order valence-corrected chi connectivity index (χ1v) is 9.33. The SMILES string of the molecule is CC(=O)N(CCC(=O)N1CCNCC1c1nccn1C)Cc1ccccc1.Cl. The third kappa shape index (κ3) is 5.33. The summed E-state index contributed by atoms with van der Waals surface area (Å²) in [6, 6.07) is 9.77. The van der Waals surface area contributed by atoms with E-state index in [4.69, 9.17) is 0 Å². The van der Waals surface area contributed by atoms with Gasteiger partial charge in [-0.1, -0.05) is 30.3 Å². The Labute approximate surface area is 172 Å². The molecule has 152 valence electrons. The van der Waals surface area contributed by atoms with Crippen molar-refractivity contribution in [1.82, 2.24) is 24.7 Å². The molecule has 1 atom stereocenters. The predicted molar refractivity (Wildman–Crippen MR) is 110 cm³/mol. The van der Waals surface area contributed by atoms with Crippen LogP contribution in [0.25, 0.3) is 0 Å². The number of amides is 2. The molecule has 1 aromatic carbocycles. The molecule has 1 unspecified atom stereocenters. The minimum absolute atomic E-state index is 0. The van der Waals surface area contributed by atoms with E-state index in [2.05, 4.69) is 10.3 Å². The van der Waals surface area contributed by atoms with Crippen LogP contribution >= 0.6 is 12.4 Å². The lowest BCUT2D eigenvalue weighted by atomic mass is 10.1. The molecule has 0 spiro atoms. The van der Waals surface area contributed by atoms with Crippen molar-refractivity contribution in [2.75, 3.05) is 26.2 Å². The van der Waals surface area contributed by atoms with Gasteiger partial charge in [-0.05, 0) is 5.56 Å². The van der Waals surface area contributed by atoms with E-state index in [1.54, 1.807) is 18.0 Å². The molecule has 1 aliphatic rings. The Balaban J connectivity index is 0.00000280. The Hall–Kier alpha value is -2.38. The third-order valence-electron chi connectivity index (χ3n) is 4.98. The minimum Gasteiger partial charge on any atom is -0.338 e. The summed E-state index contributed by atoms with van der Waals surface area (Å²) < 4.78 is 1.95. The van der Waals surface area contributed by atoms with Crippen LogP contribution in [0.15, 0.2) is 42.7 Å². The molecule has 2 heterocycles. The van der Waals surface area contributed by atoms with Crippen LogP contribution in [0.1, 0.15) is 30.8 Å². The van der Waals surface area contributed by atoms with Crippen molar-refractivity contribution in [3.63, 3.8) is 0 Å². The molecular weight excluding hydrogens is 378 g/mol. The average molecular weight is 406 g/mol. The Morgan fingerprint density at radius 1 is 1.29 bits per heavy atom. The molecule has 8 heteroatoms. The minimum atomic E-state index is -0.0776. The normalized spacial score (nSPS) is 16.4. The molecule has 3 rings (SSSR count). The van der Waals surface area contributed by atoms with E-state index in [9.17, 15) is 9.59 Å². The van der Waals surface area contributed by atoms with E-state index in [1.165, 1.54) is 0 Å². The first-order valence-electron chi connectivity index (χ1n) is 9.33. The van der Waals surface area contributed by atoms with Crippen LogP contribution in [0, 0.1) is 0 Å². The highest BCUT2D eigenvalue weighted by atomic mass is 35.5. The molecule has 0 bridgehead atoms. The number of halogens is 1. The average Bonchev–Trinajstić information content (AvgIpc) is 3.11. The van der Waals surface area contributed by atoms with Crippen molar-refractivity contribution < 1.29 is 9.59 Å². The Bertz CT molecular complexity index is 780. The van der Waals surface area contributed by atoms with Crippen LogP contribution in [-0.2, 0) is 23.2 Å². The van der Waals surface area contributed by atoms with Crippen LogP contribution in [0.5, 0.6) is 0 Å². The first kappa shape index (κ1) is 21.9. The maximum atomic E-state index is 12.9. The van der Waals surface area contributed by atoms with Gasteiger partial charge in [-0.25, -0.2) is 4.98 Å². The Morgan fingerprint density at radius 2 is 2.04 bits per heavy atom. The first-order chi connectivity index (χ1) is 13.1. The summed E-state index contributed by atoms with van der Waals surface area (Å²) in [6.07, 6.45) is 3.96. The highest BCUT2D eigenvalue weighted by Gasteiger charge is 2.30. The molecular formula is C20H28ClN5O2. The molecule has 0 radical (unpaired) electrons. The van der Waals surface area contributed by atoms with Crippen LogP contribution in [0.3, 0.4) is 0 Å². The second-order valence-electron chi connectivity index (χ2n) is 6.88. The van der Waals surface area contributed by atoms with Gasteiger partial charge in [0.15, 0.2) is 0 Å². The van der Waals surface area contributed by atoms with Crippen molar-refractivity contribution in [1.29, 1.82) is 0 Å². The zero-order valence-corrected chi connectivity index (χ0v) is 17.2. The molecule has 2 amide bonds. The standard InChI is InChI=1S/C20H27N5O2.ClH/c1-16(26)24(15-17-6-4-3-5-7-17)11-8-19(27)25-13-9-21-14-18(25)20-22-10-12-23(20)2;/h3-7,10,12,18,21H,8-9,11,13-15H2,1-2H3;1H. The highest BCUT2D eigenvalue weighted by Crippen LogP contribution is 2.21. The zero-order valence-electron chi connectivity index (χ0n) is 16.4. The number of hydrogen-bond donors (Lipinski definition) is 1.